The molecule has 0 radical (unpaired) electrons. The molecule has 1 aromatic heterocycles. The first-order valence-electron chi connectivity index (χ1n) is 7.26. The predicted octanol–water partition coefficient (Wildman–Crippen LogP) is 2.57. The molecule has 108 valence electrons. The minimum absolute atomic E-state index is 0.599. The molecule has 0 atom stereocenters. The third-order valence-electron chi connectivity index (χ3n) is 3.57. The van der Waals surface area contributed by atoms with Crippen molar-refractivity contribution in [1.82, 2.24) is 9.55 Å². The monoisotopic (exact) mass is 272 g/mol. The van der Waals surface area contributed by atoms with Crippen molar-refractivity contribution in [3.8, 4) is 0 Å². The quantitative estimate of drug-likeness (QED) is 0.842. The van der Waals surface area contributed by atoms with Crippen molar-refractivity contribution in [2.75, 3.05) is 18.0 Å². The molecular formula is C16H24N4. The molecule has 1 aromatic carbocycles. The highest BCUT2D eigenvalue weighted by Gasteiger charge is 2.06. The number of benzene rings is 1. The summed E-state index contributed by atoms with van der Waals surface area (Å²) < 4.78 is 2.19. The fraction of sp³-hybridized carbons (Fsp3) is 0.438. The van der Waals surface area contributed by atoms with Gasteiger partial charge in [-0.1, -0.05) is 19.1 Å². The molecule has 2 aromatic rings. The summed E-state index contributed by atoms with van der Waals surface area (Å²) in [6, 6.07) is 8.55. The number of nitrogens with two attached hydrogens (primary N) is 1. The Labute approximate surface area is 121 Å². The van der Waals surface area contributed by atoms with Crippen LogP contribution in [0.5, 0.6) is 0 Å². The van der Waals surface area contributed by atoms with Crippen LogP contribution in [0.2, 0.25) is 0 Å². The van der Waals surface area contributed by atoms with Gasteiger partial charge in [0.05, 0.1) is 0 Å². The molecule has 2 N–H and O–H groups in total. The van der Waals surface area contributed by atoms with E-state index in [4.69, 9.17) is 5.73 Å². The zero-order chi connectivity index (χ0) is 14.4. The second kappa shape index (κ2) is 7.10. The normalized spacial score (nSPS) is 10.8. The molecule has 0 aliphatic heterocycles. The first-order chi connectivity index (χ1) is 9.74. The average molecular weight is 272 g/mol. The highest BCUT2D eigenvalue weighted by Crippen LogP contribution is 2.16. The molecule has 0 spiro atoms. The highest BCUT2D eigenvalue weighted by molar-refractivity contribution is 5.47. The van der Waals surface area contributed by atoms with Gasteiger partial charge in [0, 0.05) is 44.3 Å². The third kappa shape index (κ3) is 3.61. The zero-order valence-corrected chi connectivity index (χ0v) is 12.4. The first kappa shape index (κ1) is 14.6. The molecule has 0 unspecified atom stereocenters. The standard InChI is InChI=1S/C16H24N4/c1-3-9-20(12-11-19-10-8-18-14(19)2)16-6-4-15(13-17)5-7-16/h4-8,10H,3,9,11-13,17H2,1-2H3. The summed E-state index contributed by atoms with van der Waals surface area (Å²) in [6.45, 7) is 7.87. The van der Waals surface area contributed by atoms with Gasteiger partial charge < -0.3 is 15.2 Å². The molecule has 4 heteroatoms. The van der Waals surface area contributed by atoms with E-state index in [9.17, 15) is 0 Å². The SMILES string of the molecule is CCCN(CCn1ccnc1C)c1ccc(CN)cc1. The fourth-order valence-electron chi connectivity index (χ4n) is 2.35. The summed E-state index contributed by atoms with van der Waals surface area (Å²) in [5.74, 6) is 1.07. The second-order valence-corrected chi connectivity index (χ2v) is 5.03. The van der Waals surface area contributed by atoms with Crippen molar-refractivity contribution < 1.29 is 0 Å². The van der Waals surface area contributed by atoms with Crippen LogP contribution in [0.4, 0.5) is 5.69 Å². The minimum atomic E-state index is 0.599. The largest absolute Gasteiger partial charge is 0.370 e. The van der Waals surface area contributed by atoms with Gasteiger partial charge in [-0.05, 0) is 31.0 Å². The molecule has 0 aliphatic rings. The Bertz CT molecular complexity index is 516. The molecule has 1 heterocycles. The van der Waals surface area contributed by atoms with E-state index in [1.165, 1.54) is 11.3 Å². The van der Waals surface area contributed by atoms with Crippen LogP contribution in [0, 0.1) is 6.92 Å². The van der Waals surface area contributed by atoms with Crippen LogP contribution in [0.15, 0.2) is 36.7 Å². The molecule has 0 aliphatic carbocycles. The number of hydrogen-bond donors (Lipinski definition) is 1. The summed E-state index contributed by atoms with van der Waals surface area (Å²) in [7, 11) is 0. The molecule has 2 rings (SSSR count). The van der Waals surface area contributed by atoms with Gasteiger partial charge in [0.2, 0.25) is 0 Å². The van der Waals surface area contributed by atoms with Crippen LogP contribution in [0.3, 0.4) is 0 Å². The van der Waals surface area contributed by atoms with E-state index >= 15 is 0 Å². The average Bonchev–Trinajstić information content (AvgIpc) is 2.89. The third-order valence-corrected chi connectivity index (χ3v) is 3.57. The lowest BCUT2D eigenvalue weighted by atomic mass is 10.2. The lowest BCUT2D eigenvalue weighted by Gasteiger charge is -2.25. The Morgan fingerprint density at radius 3 is 2.50 bits per heavy atom. The summed E-state index contributed by atoms with van der Waals surface area (Å²) in [4.78, 5) is 6.68. The smallest absolute Gasteiger partial charge is 0.105 e. The fourth-order valence-corrected chi connectivity index (χ4v) is 2.35. The molecule has 20 heavy (non-hydrogen) atoms. The molecule has 0 bridgehead atoms. The van der Waals surface area contributed by atoms with E-state index in [1.54, 1.807) is 0 Å². The van der Waals surface area contributed by atoms with E-state index in [0.29, 0.717) is 6.54 Å². The van der Waals surface area contributed by atoms with Crippen LogP contribution >= 0.6 is 0 Å². The zero-order valence-electron chi connectivity index (χ0n) is 12.4. The number of aryl methyl sites for hydroxylation is 1. The van der Waals surface area contributed by atoms with Gasteiger partial charge in [-0.15, -0.1) is 0 Å². The lowest BCUT2D eigenvalue weighted by molar-refractivity contribution is 0.635. The number of anilines is 1. The van der Waals surface area contributed by atoms with Crippen LogP contribution in [-0.4, -0.2) is 22.6 Å². The van der Waals surface area contributed by atoms with Gasteiger partial charge >= 0.3 is 0 Å². The molecule has 0 fully saturated rings. The molecule has 0 saturated carbocycles. The van der Waals surface area contributed by atoms with Gasteiger partial charge in [0.25, 0.3) is 0 Å². The molecule has 4 nitrogen and oxygen atoms in total. The molecule has 0 saturated heterocycles. The minimum Gasteiger partial charge on any atom is -0.370 e. The van der Waals surface area contributed by atoms with Crippen LogP contribution < -0.4 is 10.6 Å². The summed E-state index contributed by atoms with van der Waals surface area (Å²) >= 11 is 0. The van der Waals surface area contributed by atoms with Crippen LogP contribution in [0.1, 0.15) is 24.7 Å². The lowest BCUT2D eigenvalue weighted by Crippen LogP contribution is -2.28. The second-order valence-electron chi connectivity index (χ2n) is 5.03. The van der Waals surface area contributed by atoms with Crippen LogP contribution in [0.25, 0.3) is 0 Å². The van der Waals surface area contributed by atoms with Gasteiger partial charge in [0.1, 0.15) is 5.82 Å². The van der Waals surface area contributed by atoms with Crippen molar-refractivity contribution in [3.63, 3.8) is 0 Å². The van der Waals surface area contributed by atoms with Gasteiger partial charge in [-0.25, -0.2) is 4.98 Å². The van der Waals surface area contributed by atoms with E-state index in [-0.39, 0.29) is 0 Å². The van der Waals surface area contributed by atoms with E-state index in [0.717, 1.165) is 31.9 Å². The number of hydrogen-bond acceptors (Lipinski definition) is 3. The van der Waals surface area contributed by atoms with Gasteiger partial charge in [0.15, 0.2) is 0 Å². The number of nitrogens with zero attached hydrogens (tertiary/aromatic N) is 3. The van der Waals surface area contributed by atoms with Crippen molar-refractivity contribution in [2.24, 2.45) is 5.73 Å². The number of aromatic nitrogens is 2. The maximum Gasteiger partial charge on any atom is 0.105 e. The Hall–Kier alpha value is -1.81. The number of imidazole rings is 1. The van der Waals surface area contributed by atoms with E-state index in [2.05, 4.69) is 45.6 Å². The van der Waals surface area contributed by atoms with Crippen molar-refractivity contribution in [1.29, 1.82) is 0 Å². The van der Waals surface area contributed by atoms with E-state index in [1.807, 2.05) is 19.3 Å². The summed E-state index contributed by atoms with van der Waals surface area (Å²) in [6.07, 6.45) is 5.04. The van der Waals surface area contributed by atoms with Crippen molar-refractivity contribution in [3.05, 3.63) is 48.0 Å². The number of rotatable bonds is 7. The van der Waals surface area contributed by atoms with Gasteiger partial charge in [-0.3, -0.25) is 0 Å². The Kier molecular flexibility index (Phi) is 5.18. The molecule has 0 amide bonds. The topological polar surface area (TPSA) is 47.1 Å². The predicted molar refractivity (Wildman–Crippen MR) is 83.8 cm³/mol. The maximum absolute atomic E-state index is 5.65. The molecular weight excluding hydrogens is 248 g/mol. The van der Waals surface area contributed by atoms with Crippen molar-refractivity contribution in [2.45, 2.75) is 33.4 Å². The van der Waals surface area contributed by atoms with E-state index < -0.39 is 0 Å². The summed E-state index contributed by atoms with van der Waals surface area (Å²) in [5, 5.41) is 0. The Morgan fingerprint density at radius 2 is 1.95 bits per heavy atom. The maximum atomic E-state index is 5.65. The Balaban J connectivity index is 2.04. The summed E-state index contributed by atoms with van der Waals surface area (Å²) in [5.41, 5.74) is 8.09. The van der Waals surface area contributed by atoms with Gasteiger partial charge in [-0.2, -0.15) is 0 Å². The first-order valence-corrected chi connectivity index (χ1v) is 7.26. The Morgan fingerprint density at radius 1 is 1.20 bits per heavy atom. The highest BCUT2D eigenvalue weighted by atomic mass is 15.2. The van der Waals surface area contributed by atoms with Crippen LogP contribution in [-0.2, 0) is 13.1 Å². The van der Waals surface area contributed by atoms with Crippen molar-refractivity contribution >= 4 is 5.69 Å².